The van der Waals surface area contributed by atoms with Crippen LogP contribution in [0.1, 0.15) is 18.5 Å². The molecule has 0 fully saturated rings. The fourth-order valence-corrected chi connectivity index (χ4v) is 2.71. The molecule has 2 aromatic rings. The molecule has 0 bridgehead atoms. The molecule has 1 atom stereocenters. The summed E-state index contributed by atoms with van der Waals surface area (Å²) in [7, 11) is 0. The Morgan fingerprint density at radius 1 is 1.43 bits per heavy atom. The molecule has 21 heavy (non-hydrogen) atoms. The predicted octanol–water partition coefficient (Wildman–Crippen LogP) is 2.39. The summed E-state index contributed by atoms with van der Waals surface area (Å²) in [6.45, 7) is 1.87. The van der Waals surface area contributed by atoms with Crippen molar-refractivity contribution in [3.05, 3.63) is 57.5 Å². The molecule has 2 N–H and O–H groups in total. The first-order valence-electron chi connectivity index (χ1n) is 6.28. The predicted molar refractivity (Wildman–Crippen MR) is 83.6 cm³/mol. The van der Waals surface area contributed by atoms with Crippen LogP contribution in [0.2, 0.25) is 5.02 Å². The minimum atomic E-state index is -0.239. The zero-order valence-corrected chi connectivity index (χ0v) is 12.9. The lowest BCUT2D eigenvalue weighted by Crippen LogP contribution is -2.28. The van der Waals surface area contributed by atoms with Gasteiger partial charge in [0.05, 0.1) is 11.8 Å². The average molecular weight is 324 g/mol. The van der Waals surface area contributed by atoms with E-state index in [-0.39, 0.29) is 23.3 Å². The van der Waals surface area contributed by atoms with Crippen molar-refractivity contribution in [2.24, 2.45) is 0 Å². The van der Waals surface area contributed by atoms with Crippen LogP contribution in [-0.4, -0.2) is 21.6 Å². The molecule has 7 heteroatoms. The summed E-state index contributed by atoms with van der Waals surface area (Å²) >= 11 is 7.26. The zero-order valence-electron chi connectivity index (χ0n) is 11.3. The maximum Gasteiger partial charge on any atom is 0.251 e. The molecule has 5 nitrogen and oxygen atoms in total. The lowest BCUT2D eigenvalue weighted by Gasteiger charge is -2.15. The van der Waals surface area contributed by atoms with Crippen LogP contribution in [0.4, 0.5) is 0 Å². The van der Waals surface area contributed by atoms with Crippen molar-refractivity contribution in [2.45, 2.75) is 18.1 Å². The molecule has 0 spiro atoms. The Kier molecular flexibility index (Phi) is 5.41. The molecule has 0 aliphatic rings. The van der Waals surface area contributed by atoms with Crippen LogP contribution in [0, 0.1) is 0 Å². The Hall–Kier alpha value is -1.79. The van der Waals surface area contributed by atoms with E-state index in [1.165, 1.54) is 24.0 Å². The van der Waals surface area contributed by atoms with Gasteiger partial charge in [0.2, 0.25) is 5.91 Å². The van der Waals surface area contributed by atoms with Gasteiger partial charge >= 0.3 is 0 Å². The minimum Gasteiger partial charge on any atom is -0.349 e. The highest BCUT2D eigenvalue weighted by atomic mass is 35.5. The van der Waals surface area contributed by atoms with Gasteiger partial charge in [-0.1, -0.05) is 41.6 Å². The van der Waals surface area contributed by atoms with Crippen molar-refractivity contribution in [2.75, 3.05) is 5.75 Å². The van der Waals surface area contributed by atoms with Gasteiger partial charge in [-0.25, -0.2) is 4.98 Å². The van der Waals surface area contributed by atoms with Crippen LogP contribution >= 0.6 is 23.4 Å². The van der Waals surface area contributed by atoms with Crippen LogP contribution < -0.4 is 10.9 Å². The third-order valence-corrected chi connectivity index (χ3v) is 3.97. The van der Waals surface area contributed by atoms with Crippen LogP contribution in [0.5, 0.6) is 0 Å². The first kappa shape index (κ1) is 15.6. The Morgan fingerprint density at radius 3 is 2.90 bits per heavy atom. The summed E-state index contributed by atoms with van der Waals surface area (Å²) < 4.78 is 0. The number of benzene rings is 1. The average Bonchev–Trinajstić information content (AvgIpc) is 2.45. The number of nitrogens with one attached hydrogen (secondary N) is 2. The van der Waals surface area contributed by atoms with Crippen molar-refractivity contribution >= 4 is 29.3 Å². The van der Waals surface area contributed by atoms with Crippen LogP contribution in [0.15, 0.2) is 46.5 Å². The normalized spacial score (nSPS) is 11.9. The lowest BCUT2D eigenvalue weighted by atomic mass is 10.1. The van der Waals surface area contributed by atoms with E-state index in [1.807, 2.05) is 25.1 Å². The number of hydrogen-bond donors (Lipinski definition) is 2. The monoisotopic (exact) mass is 323 g/mol. The van der Waals surface area contributed by atoms with E-state index < -0.39 is 0 Å². The maximum atomic E-state index is 11.9. The van der Waals surface area contributed by atoms with E-state index in [0.717, 1.165) is 5.56 Å². The zero-order chi connectivity index (χ0) is 15.2. The molecule has 0 aliphatic carbocycles. The summed E-state index contributed by atoms with van der Waals surface area (Å²) in [6, 6.07) is 8.51. The molecule has 1 heterocycles. The van der Waals surface area contributed by atoms with E-state index >= 15 is 0 Å². The van der Waals surface area contributed by atoms with Gasteiger partial charge in [0, 0.05) is 17.3 Å². The van der Waals surface area contributed by atoms with Crippen LogP contribution in [0.25, 0.3) is 0 Å². The van der Waals surface area contributed by atoms with Gasteiger partial charge in [-0.2, -0.15) is 0 Å². The number of thioether (sulfide) groups is 1. The number of carbonyl (C=O) groups excluding carboxylic acids is 1. The number of H-pyrrole nitrogens is 1. The lowest BCUT2D eigenvalue weighted by molar-refractivity contribution is -0.119. The topological polar surface area (TPSA) is 74.8 Å². The van der Waals surface area contributed by atoms with Crippen molar-refractivity contribution in [1.29, 1.82) is 0 Å². The number of nitrogens with zero attached hydrogens (tertiary/aromatic N) is 1. The molecular weight excluding hydrogens is 310 g/mol. The summed E-state index contributed by atoms with van der Waals surface area (Å²) in [5.74, 6) is 0.0146. The largest absolute Gasteiger partial charge is 0.349 e. The number of hydrogen-bond acceptors (Lipinski definition) is 4. The van der Waals surface area contributed by atoms with Crippen molar-refractivity contribution < 1.29 is 4.79 Å². The smallest absolute Gasteiger partial charge is 0.251 e. The Balaban J connectivity index is 1.90. The second kappa shape index (κ2) is 7.28. The fourth-order valence-electron chi connectivity index (χ4n) is 1.75. The molecule has 0 unspecified atom stereocenters. The Bertz CT molecular complexity index is 690. The summed E-state index contributed by atoms with van der Waals surface area (Å²) in [6.07, 6.45) is 1.41. The van der Waals surface area contributed by atoms with Crippen LogP contribution in [-0.2, 0) is 4.79 Å². The molecule has 1 aromatic heterocycles. The quantitative estimate of drug-likeness (QED) is 0.654. The number of halogens is 1. The maximum absolute atomic E-state index is 11.9. The fraction of sp³-hybridized carbons (Fsp3) is 0.214. The van der Waals surface area contributed by atoms with Crippen molar-refractivity contribution in [1.82, 2.24) is 15.3 Å². The van der Waals surface area contributed by atoms with Crippen molar-refractivity contribution in [3.8, 4) is 0 Å². The minimum absolute atomic E-state index is 0.154. The highest BCUT2D eigenvalue weighted by Gasteiger charge is 2.12. The van der Waals surface area contributed by atoms with Gasteiger partial charge in [0.15, 0.2) is 5.16 Å². The first-order chi connectivity index (χ1) is 10.1. The standard InChI is InChI=1S/C14H14ClN3O2S/c1-9(10-4-2-3-5-11(10)15)17-13(20)8-21-14-16-7-6-12(19)18-14/h2-7,9H,8H2,1H3,(H,17,20)(H,16,18,19)/t9-/m1/s1. The van der Waals surface area contributed by atoms with E-state index in [9.17, 15) is 9.59 Å². The number of rotatable bonds is 5. The second-order valence-corrected chi connectivity index (χ2v) is 5.71. The van der Waals surface area contributed by atoms with E-state index in [2.05, 4.69) is 15.3 Å². The summed E-state index contributed by atoms with van der Waals surface area (Å²) in [5, 5.41) is 3.89. The third kappa shape index (κ3) is 4.61. The van der Waals surface area contributed by atoms with Crippen LogP contribution in [0.3, 0.4) is 0 Å². The van der Waals surface area contributed by atoms with E-state index in [1.54, 1.807) is 6.07 Å². The molecule has 2 rings (SSSR count). The van der Waals surface area contributed by atoms with Gasteiger partial charge in [0.25, 0.3) is 5.56 Å². The first-order valence-corrected chi connectivity index (χ1v) is 7.64. The highest BCUT2D eigenvalue weighted by molar-refractivity contribution is 7.99. The molecule has 0 radical (unpaired) electrons. The highest BCUT2D eigenvalue weighted by Crippen LogP contribution is 2.22. The van der Waals surface area contributed by atoms with Gasteiger partial charge in [-0.05, 0) is 18.6 Å². The SMILES string of the molecule is C[C@@H](NC(=O)CSc1nccc(=O)[nH]1)c1ccccc1Cl. The Morgan fingerprint density at radius 2 is 2.19 bits per heavy atom. The van der Waals surface area contributed by atoms with Gasteiger partial charge in [0.1, 0.15) is 0 Å². The van der Waals surface area contributed by atoms with Gasteiger partial charge in [-0.3, -0.25) is 9.59 Å². The van der Waals surface area contributed by atoms with Gasteiger partial charge in [-0.15, -0.1) is 0 Å². The van der Waals surface area contributed by atoms with E-state index in [4.69, 9.17) is 11.6 Å². The third-order valence-electron chi connectivity index (χ3n) is 2.74. The van der Waals surface area contributed by atoms with E-state index in [0.29, 0.717) is 10.2 Å². The van der Waals surface area contributed by atoms with Gasteiger partial charge < -0.3 is 10.3 Å². The Labute approximate surface area is 131 Å². The molecular formula is C14H14ClN3O2S. The molecule has 0 saturated carbocycles. The number of aromatic amines is 1. The number of aromatic nitrogens is 2. The summed E-state index contributed by atoms with van der Waals surface area (Å²) in [5.41, 5.74) is 0.626. The number of amides is 1. The molecule has 0 saturated heterocycles. The molecule has 1 aromatic carbocycles. The second-order valence-electron chi connectivity index (χ2n) is 4.34. The molecule has 1 amide bonds. The molecule has 0 aliphatic heterocycles. The molecule has 110 valence electrons. The summed E-state index contributed by atoms with van der Waals surface area (Å²) in [4.78, 5) is 29.5. The number of carbonyl (C=O) groups is 1. The van der Waals surface area contributed by atoms with Crippen molar-refractivity contribution in [3.63, 3.8) is 0 Å².